The average molecular weight is 598 g/mol. The molecule has 0 spiro atoms. The highest BCUT2D eigenvalue weighted by Gasteiger charge is 2.59. The predicted molar refractivity (Wildman–Crippen MR) is 166 cm³/mol. The second-order valence-corrected chi connectivity index (χ2v) is 14.8. The molecule has 3 saturated carbocycles. The highest BCUT2D eigenvalue weighted by molar-refractivity contribution is 6.42. The molecule has 6 heteroatoms. The molecule has 0 aromatic heterocycles. The molecule has 2 aromatic rings. The lowest BCUT2D eigenvalue weighted by molar-refractivity contribution is -0.0424. The summed E-state index contributed by atoms with van der Waals surface area (Å²) in [6.07, 6.45) is 12.5. The van der Waals surface area contributed by atoms with E-state index in [0.29, 0.717) is 21.0 Å². The van der Waals surface area contributed by atoms with Crippen LogP contribution < -0.4 is 5.01 Å². The Morgan fingerprint density at radius 1 is 0.875 bits per heavy atom. The minimum Gasteiger partial charge on any atom is -0.393 e. The molecule has 4 aliphatic carbocycles. The van der Waals surface area contributed by atoms with Crippen LogP contribution in [0.3, 0.4) is 0 Å². The minimum atomic E-state index is -0.148. The molecule has 2 aromatic carbocycles. The van der Waals surface area contributed by atoms with Crippen molar-refractivity contribution in [2.24, 2.45) is 39.6 Å². The van der Waals surface area contributed by atoms with E-state index in [9.17, 15) is 5.11 Å². The number of halogens is 3. The number of aliphatic hydroxyl groups is 1. The van der Waals surface area contributed by atoms with Crippen molar-refractivity contribution in [2.75, 3.05) is 5.01 Å². The number of hydrogen-bond acceptors (Lipinski definition) is 3. The fraction of sp³-hybridized carbons (Fsp3) is 0.559. The molecule has 212 valence electrons. The summed E-state index contributed by atoms with van der Waals surface area (Å²) in [4.78, 5) is 0. The second-order valence-electron chi connectivity index (χ2n) is 13.6. The molecule has 40 heavy (non-hydrogen) atoms. The number of anilines is 1. The van der Waals surface area contributed by atoms with Gasteiger partial charge >= 0.3 is 0 Å². The zero-order valence-electron chi connectivity index (χ0n) is 23.4. The Bertz CT molecular complexity index is 1390. The van der Waals surface area contributed by atoms with Crippen molar-refractivity contribution in [1.82, 2.24) is 0 Å². The number of nitrogens with zero attached hydrogens (tertiary/aromatic N) is 2. The van der Waals surface area contributed by atoms with Gasteiger partial charge in [-0.1, -0.05) is 78.5 Å². The fourth-order valence-corrected chi connectivity index (χ4v) is 10.3. The monoisotopic (exact) mass is 596 g/mol. The zero-order chi connectivity index (χ0) is 27.8. The van der Waals surface area contributed by atoms with Crippen LogP contribution in [0.2, 0.25) is 15.1 Å². The number of benzene rings is 2. The van der Waals surface area contributed by atoms with Crippen LogP contribution in [0.4, 0.5) is 5.69 Å². The SMILES string of the molecule is C[C@]12CC[C@H]3[C@@H](CC=C4C[C@@H](O)CC[C@@]43C)[C@@H]1CC[C@@H]2C1=NN(c2ccccc2Cl)C(c2ccc(Cl)c(Cl)c2)C1. The van der Waals surface area contributed by atoms with Crippen LogP contribution >= 0.6 is 34.8 Å². The van der Waals surface area contributed by atoms with Gasteiger partial charge in [0, 0.05) is 18.1 Å². The predicted octanol–water partition coefficient (Wildman–Crippen LogP) is 9.89. The van der Waals surface area contributed by atoms with Crippen LogP contribution in [0.15, 0.2) is 59.2 Å². The van der Waals surface area contributed by atoms with Gasteiger partial charge in [0.25, 0.3) is 0 Å². The van der Waals surface area contributed by atoms with Gasteiger partial charge in [-0.3, -0.25) is 5.01 Å². The topological polar surface area (TPSA) is 35.8 Å². The zero-order valence-corrected chi connectivity index (χ0v) is 25.7. The van der Waals surface area contributed by atoms with Gasteiger partial charge in [0.05, 0.1) is 32.9 Å². The molecule has 8 atom stereocenters. The third-order valence-electron chi connectivity index (χ3n) is 11.8. The van der Waals surface area contributed by atoms with Crippen molar-refractivity contribution < 1.29 is 5.11 Å². The smallest absolute Gasteiger partial charge is 0.0829 e. The molecule has 1 aliphatic heterocycles. The van der Waals surface area contributed by atoms with Gasteiger partial charge in [0.15, 0.2) is 0 Å². The number of allylic oxidation sites excluding steroid dienone is 1. The lowest BCUT2D eigenvalue weighted by Gasteiger charge is -2.58. The van der Waals surface area contributed by atoms with Gasteiger partial charge in [-0.25, -0.2) is 0 Å². The van der Waals surface area contributed by atoms with Crippen molar-refractivity contribution in [3.05, 3.63) is 74.7 Å². The molecule has 7 rings (SSSR count). The summed E-state index contributed by atoms with van der Waals surface area (Å²) in [7, 11) is 0. The number of hydrogen-bond donors (Lipinski definition) is 1. The van der Waals surface area contributed by atoms with Gasteiger partial charge < -0.3 is 5.11 Å². The van der Waals surface area contributed by atoms with Crippen molar-refractivity contribution in [3.63, 3.8) is 0 Å². The fourth-order valence-electron chi connectivity index (χ4n) is 9.77. The molecule has 1 heterocycles. The van der Waals surface area contributed by atoms with Gasteiger partial charge in [-0.15, -0.1) is 0 Å². The van der Waals surface area contributed by atoms with Gasteiger partial charge in [0.1, 0.15) is 0 Å². The number of fused-ring (bicyclic) bond motifs is 5. The highest BCUT2D eigenvalue weighted by Crippen LogP contribution is 2.67. The first-order chi connectivity index (χ1) is 19.2. The third kappa shape index (κ3) is 4.21. The summed E-state index contributed by atoms with van der Waals surface area (Å²) in [6.45, 7) is 5.09. The molecule has 0 saturated heterocycles. The maximum absolute atomic E-state index is 10.4. The van der Waals surface area contributed by atoms with E-state index in [-0.39, 0.29) is 23.0 Å². The number of hydrazone groups is 1. The van der Waals surface area contributed by atoms with Crippen molar-refractivity contribution in [1.29, 1.82) is 0 Å². The largest absolute Gasteiger partial charge is 0.393 e. The molecular formula is C34H39Cl3N2O. The van der Waals surface area contributed by atoms with Gasteiger partial charge in [0.2, 0.25) is 0 Å². The summed E-state index contributed by atoms with van der Waals surface area (Å²) < 4.78 is 0. The summed E-state index contributed by atoms with van der Waals surface area (Å²) in [5.41, 5.74) is 5.45. The quantitative estimate of drug-likeness (QED) is 0.357. The average Bonchev–Trinajstić information content (AvgIpc) is 3.52. The van der Waals surface area contributed by atoms with E-state index in [4.69, 9.17) is 39.9 Å². The number of para-hydroxylation sites is 1. The summed E-state index contributed by atoms with van der Waals surface area (Å²) in [6, 6.07) is 14.0. The third-order valence-corrected chi connectivity index (χ3v) is 12.9. The standard InChI is InChI=1S/C34H39Cl3N2O/c1-33-15-13-22(40)18-21(33)8-9-23-24-10-11-26(34(24,2)16-14-25(23)33)30-19-32(20-7-12-27(35)29(37)17-20)39(38-30)31-6-4-3-5-28(31)36/h3-8,12,17,22-26,32,40H,9-11,13-16,18-19H2,1-2H3/t22-,23-,24-,25-,26+,32?,33-,34-/m0/s1. The number of aliphatic hydroxyl groups excluding tert-OH is 1. The Morgan fingerprint density at radius 2 is 1.70 bits per heavy atom. The molecule has 3 nitrogen and oxygen atoms in total. The Kier molecular flexibility index (Phi) is 6.86. The van der Waals surface area contributed by atoms with Crippen LogP contribution in [-0.2, 0) is 0 Å². The Hall–Kier alpha value is -1.52. The molecule has 1 N–H and O–H groups in total. The van der Waals surface area contributed by atoms with Crippen molar-refractivity contribution in [2.45, 2.75) is 83.8 Å². The van der Waals surface area contributed by atoms with E-state index in [1.54, 1.807) is 5.57 Å². The van der Waals surface area contributed by atoms with Gasteiger partial charge in [-0.2, -0.15) is 5.10 Å². The van der Waals surface area contributed by atoms with E-state index in [0.717, 1.165) is 54.7 Å². The highest BCUT2D eigenvalue weighted by atomic mass is 35.5. The summed E-state index contributed by atoms with van der Waals surface area (Å²) in [5.74, 6) is 2.67. The van der Waals surface area contributed by atoms with Crippen molar-refractivity contribution >= 4 is 46.2 Å². The number of rotatable bonds is 3. The second kappa shape index (κ2) is 10.0. The van der Waals surface area contributed by atoms with E-state index in [2.05, 4.69) is 37.1 Å². The summed E-state index contributed by atoms with van der Waals surface area (Å²) >= 11 is 19.5. The maximum Gasteiger partial charge on any atom is 0.0829 e. The van der Waals surface area contributed by atoms with E-state index < -0.39 is 0 Å². The first-order valence-electron chi connectivity index (χ1n) is 15.1. The molecular weight excluding hydrogens is 559 g/mol. The Morgan fingerprint density at radius 3 is 2.50 bits per heavy atom. The maximum atomic E-state index is 10.4. The summed E-state index contributed by atoms with van der Waals surface area (Å²) in [5, 5.41) is 19.8. The molecule has 0 bridgehead atoms. The molecule has 0 amide bonds. The molecule has 1 unspecified atom stereocenters. The van der Waals surface area contributed by atoms with Crippen molar-refractivity contribution in [3.8, 4) is 0 Å². The normalized spacial score (nSPS) is 38.8. The van der Waals surface area contributed by atoms with E-state index in [1.165, 1.54) is 37.8 Å². The van der Waals surface area contributed by atoms with Gasteiger partial charge in [-0.05, 0) is 110 Å². The lowest BCUT2D eigenvalue weighted by Crippen LogP contribution is -2.51. The van der Waals surface area contributed by atoms with Crippen LogP contribution in [0, 0.1) is 34.5 Å². The first kappa shape index (κ1) is 27.3. The first-order valence-corrected chi connectivity index (χ1v) is 16.3. The Labute approximate surface area is 253 Å². The lowest BCUT2D eigenvalue weighted by atomic mass is 9.47. The molecule has 0 radical (unpaired) electrons. The van der Waals surface area contributed by atoms with E-state index in [1.807, 2.05) is 30.3 Å². The van der Waals surface area contributed by atoms with Crippen LogP contribution in [-0.4, -0.2) is 16.9 Å². The Balaban J connectivity index is 1.21. The van der Waals surface area contributed by atoms with E-state index >= 15 is 0 Å². The minimum absolute atomic E-state index is 0.0383. The van der Waals surface area contributed by atoms with Crippen LogP contribution in [0.1, 0.15) is 83.2 Å². The van der Waals surface area contributed by atoms with Crippen LogP contribution in [0.5, 0.6) is 0 Å². The van der Waals surface area contributed by atoms with Crippen LogP contribution in [0.25, 0.3) is 0 Å². The molecule has 3 fully saturated rings. The molecule has 5 aliphatic rings.